The summed E-state index contributed by atoms with van der Waals surface area (Å²) in [6.07, 6.45) is 3.44. The van der Waals surface area contributed by atoms with Crippen molar-refractivity contribution >= 4 is 54.2 Å². The molecule has 8 nitrogen and oxygen atoms in total. The largest absolute Gasteiger partial charge is 0.326 e. The molecule has 182 valence electrons. The molecule has 2 amide bonds. The molecule has 10 heteroatoms. The van der Waals surface area contributed by atoms with E-state index < -0.39 is 10.0 Å². The summed E-state index contributed by atoms with van der Waals surface area (Å²) < 4.78 is 28.6. The summed E-state index contributed by atoms with van der Waals surface area (Å²) in [5.74, 6) is -0.541. The quantitative estimate of drug-likeness (QED) is 0.379. The van der Waals surface area contributed by atoms with Crippen molar-refractivity contribution in [3.63, 3.8) is 0 Å². The highest BCUT2D eigenvalue weighted by atomic mass is 32.2. The van der Waals surface area contributed by atoms with E-state index in [1.54, 1.807) is 18.2 Å². The van der Waals surface area contributed by atoms with Gasteiger partial charge in [0.25, 0.3) is 5.91 Å². The van der Waals surface area contributed by atoms with Gasteiger partial charge in [0.05, 0.1) is 15.1 Å². The van der Waals surface area contributed by atoms with E-state index in [9.17, 15) is 18.0 Å². The zero-order valence-corrected chi connectivity index (χ0v) is 21.3. The number of unbranched alkanes of at least 4 members (excludes halogenated alkanes) is 2. The van der Waals surface area contributed by atoms with Crippen LogP contribution in [0.2, 0.25) is 0 Å². The smallest absolute Gasteiger partial charge is 0.257 e. The lowest BCUT2D eigenvalue weighted by Gasteiger charge is -2.22. The summed E-state index contributed by atoms with van der Waals surface area (Å²) in [7, 11) is -3.62. The molecule has 0 aliphatic heterocycles. The minimum absolute atomic E-state index is 0.165. The van der Waals surface area contributed by atoms with Crippen LogP contribution < -0.4 is 10.6 Å². The molecule has 0 spiro atoms. The average molecular weight is 503 g/mol. The number of hydrogen-bond acceptors (Lipinski definition) is 6. The predicted octanol–water partition coefficient (Wildman–Crippen LogP) is 5.10. The van der Waals surface area contributed by atoms with Gasteiger partial charge in [0.2, 0.25) is 15.9 Å². The molecule has 2 aromatic carbocycles. The highest BCUT2D eigenvalue weighted by Gasteiger charge is 2.24. The highest BCUT2D eigenvalue weighted by molar-refractivity contribution is 7.89. The van der Waals surface area contributed by atoms with Crippen molar-refractivity contribution in [1.29, 1.82) is 0 Å². The first-order chi connectivity index (χ1) is 16.2. The van der Waals surface area contributed by atoms with Gasteiger partial charge < -0.3 is 5.32 Å². The van der Waals surface area contributed by atoms with Gasteiger partial charge >= 0.3 is 0 Å². The third kappa shape index (κ3) is 6.40. The number of anilines is 2. The Morgan fingerprint density at radius 3 is 2.21 bits per heavy atom. The zero-order chi connectivity index (χ0) is 24.7. The van der Waals surface area contributed by atoms with Crippen molar-refractivity contribution in [2.75, 3.05) is 23.7 Å². The first-order valence-corrected chi connectivity index (χ1v) is 13.6. The number of nitrogens with one attached hydrogen (secondary N) is 2. The Hall–Kier alpha value is -2.82. The molecule has 3 rings (SSSR count). The molecule has 0 atom stereocenters. The van der Waals surface area contributed by atoms with Crippen LogP contribution >= 0.6 is 11.3 Å². The third-order valence-corrected chi connectivity index (χ3v) is 8.05. The van der Waals surface area contributed by atoms with Gasteiger partial charge in [-0.3, -0.25) is 14.9 Å². The van der Waals surface area contributed by atoms with Crippen LogP contribution in [0.25, 0.3) is 10.2 Å². The van der Waals surface area contributed by atoms with Crippen molar-refractivity contribution < 1.29 is 18.0 Å². The van der Waals surface area contributed by atoms with Crippen LogP contribution in [-0.4, -0.2) is 42.6 Å². The van der Waals surface area contributed by atoms with Crippen molar-refractivity contribution in [3.05, 3.63) is 48.0 Å². The van der Waals surface area contributed by atoms with Crippen molar-refractivity contribution in [3.8, 4) is 0 Å². The molecular weight excluding hydrogens is 472 g/mol. The number of aromatic nitrogens is 1. The minimum Gasteiger partial charge on any atom is -0.326 e. The molecule has 3 aromatic rings. The van der Waals surface area contributed by atoms with Crippen LogP contribution in [0.3, 0.4) is 0 Å². The van der Waals surface area contributed by atoms with E-state index in [-0.39, 0.29) is 16.7 Å². The van der Waals surface area contributed by atoms with Gasteiger partial charge in [-0.1, -0.05) is 38.0 Å². The number of nitrogens with zero attached hydrogens (tertiary/aromatic N) is 2. The molecule has 2 N–H and O–H groups in total. The Bertz CT molecular complexity index is 1250. The molecule has 0 aliphatic carbocycles. The maximum Gasteiger partial charge on any atom is 0.257 e. The Labute approximate surface area is 204 Å². The second kappa shape index (κ2) is 11.5. The van der Waals surface area contributed by atoms with Crippen LogP contribution in [0.15, 0.2) is 47.4 Å². The Balaban J connectivity index is 1.73. The summed E-state index contributed by atoms with van der Waals surface area (Å²) in [4.78, 5) is 28.6. The number of sulfonamides is 1. The summed E-state index contributed by atoms with van der Waals surface area (Å²) in [5.41, 5.74) is 1.70. The Morgan fingerprint density at radius 2 is 1.62 bits per heavy atom. The van der Waals surface area contributed by atoms with Crippen LogP contribution in [0, 0.1) is 0 Å². The number of benzene rings is 2. The number of carbonyl (C=O) groups is 2. The lowest BCUT2D eigenvalue weighted by Crippen LogP contribution is -2.33. The standard InChI is InChI=1S/C24H30N4O4S2/c1-4-6-14-28(15-7-5-2)34(31,32)20-11-8-18(9-12-20)23(30)27-24-26-21-13-10-19(25-17(3)29)16-22(21)33-24/h8-13,16H,4-7,14-15H2,1-3H3,(H,25,29)(H,26,27,30). The fourth-order valence-corrected chi connectivity index (χ4v) is 5.79. The fraction of sp³-hybridized carbons (Fsp3) is 0.375. The topological polar surface area (TPSA) is 108 Å². The summed E-state index contributed by atoms with van der Waals surface area (Å²) in [5, 5.41) is 5.90. The zero-order valence-electron chi connectivity index (χ0n) is 19.6. The van der Waals surface area contributed by atoms with E-state index >= 15 is 0 Å². The average Bonchev–Trinajstić information content (AvgIpc) is 3.20. The SMILES string of the molecule is CCCCN(CCCC)S(=O)(=O)c1ccc(C(=O)Nc2nc3ccc(NC(C)=O)cc3s2)cc1. The van der Waals surface area contributed by atoms with Crippen LogP contribution in [0.1, 0.15) is 56.8 Å². The third-order valence-electron chi connectivity index (χ3n) is 5.21. The number of fused-ring (bicyclic) bond motifs is 1. The maximum atomic E-state index is 13.1. The van der Waals surface area contributed by atoms with Crippen molar-refractivity contribution in [2.24, 2.45) is 0 Å². The summed E-state index contributed by atoms with van der Waals surface area (Å²) in [6, 6.07) is 11.3. The lowest BCUT2D eigenvalue weighted by atomic mass is 10.2. The normalized spacial score (nSPS) is 11.6. The van der Waals surface area contributed by atoms with E-state index in [1.165, 1.54) is 46.8 Å². The van der Waals surface area contributed by atoms with Gasteiger partial charge in [0.15, 0.2) is 5.13 Å². The van der Waals surface area contributed by atoms with Gasteiger partial charge in [-0.2, -0.15) is 4.31 Å². The second-order valence-corrected chi connectivity index (χ2v) is 10.9. The van der Waals surface area contributed by atoms with Crippen molar-refractivity contribution in [2.45, 2.75) is 51.3 Å². The van der Waals surface area contributed by atoms with E-state index in [0.29, 0.717) is 35.0 Å². The lowest BCUT2D eigenvalue weighted by molar-refractivity contribution is -0.114. The summed E-state index contributed by atoms with van der Waals surface area (Å²) in [6.45, 7) is 6.48. The van der Waals surface area contributed by atoms with Gasteiger partial charge in [-0.25, -0.2) is 13.4 Å². The monoisotopic (exact) mass is 502 g/mol. The van der Waals surface area contributed by atoms with Gasteiger partial charge in [0.1, 0.15) is 0 Å². The molecular formula is C24H30N4O4S2. The Morgan fingerprint density at radius 1 is 0.971 bits per heavy atom. The number of hydrogen-bond donors (Lipinski definition) is 2. The molecule has 1 heterocycles. The number of amides is 2. The van der Waals surface area contributed by atoms with Crippen LogP contribution in [0.4, 0.5) is 10.8 Å². The molecule has 34 heavy (non-hydrogen) atoms. The van der Waals surface area contributed by atoms with Gasteiger partial charge in [-0.05, 0) is 55.3 Å². The van der Waals surface area contributed by atoms with E-state index in [1.807, 2.05) is 13.8 Å². The van der Waals surface area contributed by atoms with E-state index in [2.05, 4.69) is 15.6 Å². The number of rotatable bonds is 11. The summed E-state index contributed by atoms with van der Waals surface area (Å²) >= 11 is 1.29. The molecule has 0 aliphatic rings. The number of carbonyl (C=O) groups excluding carboxylic acids is 2. The first kappa shape index (κ1) is 25.8. The fourth-order valence-electron chi connectivity index (χ4n) is 3.38. The molecule has 0 radical (unpaired) electrons. The molecule has 1 aromatic heterocycles. The van der Waals surface area contributed by atoms with Crippen LogP contribution in [0.5, 0.6) is 0 Å². The molecule has 0 fully saturated rings. The second-order valence-electron chi connectivity index (χ2n) is 7.97. The number of thiazole rings is 1. The Kier molecular flexibility index (Phi) is 8.76. The predicted molar refractivity (Wildman–Crippen MR) is 137 cm³/mol. The first-order valence-electron chi connectivity index (χ1n) is 11.3. The molecule has 0 saturated carbocycles. The van der Waals surface area contributed by atoms with E-state index in [4.69, 9.17) is 0 Å². The molecule has 0 unspecified atom stereocenters. The van der Waals surface area contributed by atoms with Crippen molar-refractivity contribution in [1.82, 2.24) is 9.29 Å². The van der Waals surface area contributed by atoms with Gasteiger partial charge in [-0.15, -0.1) is 0 Å². The van der Waals surface area contributed by atoms with E-state index in [0.717, 1.165) is 30.4 Å². The minimum atomic E-state index is -3.62. The highest BCUT2D eigenvalue weighted by Crippen LogP contribution is 2.29. The van der Waals surface area contributed by atoms with Gasteiger partial charge in [0, 0.05) is 31.3 Å². The maximum absolute atomic E-state index is 13.1. The molecule has 0 bridgehead atoms. The molecule has 0 saturated heterocycles. The van der Waals surface area contributed by atoms with Crippen LogP contribution in [-0.2, 0) is 14.8 Å².